The highest BCUT2D eigenvalue weighted by atomic mass is 19.1. The average molecular weight is 278 g/mol. The molecule has 0 saturated carbocycles. The molecular formula is C15H19FN2O2. The van der Waals surface area contributed by atoms with E-state index in [-0.39, 0.29) is 5.97 Å². The van der Waals surface area contributed by atoms with E-state index in [4.69, 9.17) is 10.00 Å². The van der Waals surface area contributed by atoms with Crippen LogP contribution < -0.4 is 5.32 Å². The van der Waals surface area contributed by atoms with E-state index in [0.29, 0.717) is 30.8 Å². The van der Waals surface area contributed by atoms with Gasteiger partial charge in [-0.05, 0) is 38.0 Å². The van der Waals surface area contributed by atoms with E-state index in [1.54, 1.807) is 13.0 Å². The Bertz CT molecular complexity index is 483. The minimum Gasteiger partial charge on any atom is -0.466 e. The summed E-state index contributed by atoms with van der Waals surface area (Å²) in [5, 5.41) is 12.0. The number of nitrogens with one attached hydrogen (secondary N) is 1. The molecule has 0 bridgehead atoms. The molecule has 1 aromatic carbocycles. The minimum atomic E-state index is -0.415. The molecule has 0 heterocycles. The molecular weight excluding hydrogens is 259 g/mol. The molecule has 0 fully saturated rings. The third-order valence-electron chi connectivity index (χ3n) is 2.78. The molecule has 4 nitrogen and oxygen atoms in total. The second-order valence-corrected chi connectivity index (χ2v) is 4.34. The lowest BCUT2D eigenvalue weighted by atomic mass is 10.1. The Morgan fingerprint density at radius 2 is 2.20 bits per heavy atom. The van der Waals surface area contributed by atoms with Gasteiger partial charge in [0.1, 0.15) is 11.9 Å². The van der Waals surface area contributed by atoms with Crippen molar-refractivity contribution in [3.63, 3.8) is 0 Å². The summed E-state index contributed by atoms with van der Waals surface area (Å²) >= 11 is 0. The standard InChI is InChI=1S/C15H19FN2O2/c1-2-20-15(19)6-4-3-5-9-18-14-8-7-13(16)10-12(14)11-17/h7-8,10,18H,2-6,9H2,1H3. The first-order valence-corrected chi connectivity index (χ1v) is 6.76. The number of benzene rings is 1. The van der Waals surface area contributed by atoms with Crippen molar-refractivity contribution in [3.05, 3.63) is 29.6 Å². The maximum atomic E-state index is 12.9. The molecule has 0 aliphatic carbocycles. The Hall–Kier alpha value is -2.09. The number of ether oxygens (including phenoxy) is 1. The molecule has 108 valence electrons. The molecule has 1 aromatic rings. The van der Waals surface area contributed by atoms with Gasteiger partial charge >= 0.3 is 5.97 Å². The van der Waals surface area contributed by atoms with Gasteiger partial charge in [-0.2, -0.15) is 5.26 Å². The first kappa shape index (κ1) is 16.0. The second kappa shape index (κ2) is 8.92. The van der Waals surface area contributed by atoms with Crippen LogP contribution in [0.5, 0.6) is 0 Å². The van der Waals surface area contributed by atoms with Crippen molar-refractivity contribution in [1.82, 2.24) is 0 Å². The molecule has 0 amide bonds. The quantitative estimate of drug-likeness (QED) is 0.585. The van der Waals surface area contributed by atoms with Crippen LogP contribution in [0.3, 0.4) is 0 Å². The highest BCUT2D eigenvalue weighted by Crippen LogP contribution is 2.16. The Balaban J connectivity index is 2.22. The van der Waals surface area contributed by atoms with Crippen molar-refractivity contribution >= 4 is 11.7 Å². The predicted octanol–water partition coefficient (Wildman–Crippen LogP) is 3.23. The number of carbonyl (C=O) groups excluding carboxylic acids is 1. The number of nitrogens with zero attached hydrogens (tertiary/aromatic N) is 1. The molecule has 0 aliphatic heterocycles. The van der Waals surface area contributed by atoms with E-state index in [1.165, 1.54) is 12.1 Å². The summed E-state index contributed by atoms with van der Waals surface area (Å²) in [5.74, 6) is -0.577. The predicted molar refractivity (Wildman–Crippen MR) is 74.7 cm³/mol. The van der Waals surface area contributed by atoms with Gasteiger partial charge in [-0.3, -0.25) is 4.79 Å². The second-order valence-electron chi connectivity index (χ2n) is 4.34. The third-order valence-corrected chi connectivity index (χ3v) is 2.78. The molecule has 1 rings (SSSR count). The zero-order valence-corrected chi connectivity index (χ0v) is 11.6. The van der Waals surface area contributed by atoms with Gasteiger partial charge in [-0.1, -0.05) is 6.42 Å². The molecule has 1 N–H and O–H groups in total. The van der Waals surface area contributed by atoms with Gasteiger partial charge in [0, 0.05) is 13.0 Å². The fourth-order valence-electron chi connectivity index (χ4n) is 1.79. The highest BCUT2D eigenvalue weighted by Gasteiger charge is 2.03. The number of rotatable bonds is 8. The van der Waals surface area contributed by atoms with Crippen LogP contribution in [0.1, 0.15) is 38.2 Å². The number of nitriles is 1. The van der Waals surface area contributed by atoms with Crippen LogP contribution in [0.15, 0.2) is 18.2 Å². The van der Waals surface area contributed by atoms with E-state index < -0.39 is 5.82 Å². The Labute approximate surface area is 118 Å². The molecule has 5 heteroatoms. The van der Waals surface area contributed by atoms with E-state index in [0.717, 1.165) is 19.3 Å². The smallest absolute Gasteiger partial charge is 0.305 e. The summed E-state index contributed by atoms with van der Waals surface area (Å²) in [6, 6.07) is 6.05. The van der Waals surface area contributed by atoms with Crippen LogP contribution in [-0.4, -0.2) is 19.1 Å². The van der Waals surface area contributed by atoms with Crippen LogP contribution >= 0.6 is 0 Å². The van der Waals surface area contributed by atoms with Crippen molar-refractivity contribution in [2.75, 3.05) is 18.5 Å². The van der Waals surface area contributed by atoms with Gasteiger partial charge < -0.3 is 10.1 Å². The number of esters is 1. The van der Waals surface area contributed by atoms with Crippen molar-refractivity contribution in [3.8, 4) is 6.07 Å². The molecule has 20 heavy (non-hydrogen) atoms. The first-order chi connectivity index (χ1) is 9.67. The van der Waals surface area contributed by atoms with Crippen molar-refractivity contribution < 1.29 is 13.9 Å². The maximum Gasteiger partial charge on any atom is 0.305 e. The first-order valence-electron chi connectivity index (χ1n) is 6.76. The SMILES string of the molecule is CCOC(=O)CCCCCNc1ccc(F)cc1C#N. The molecule has 0 radical (unpaired) electrons. The third kappa shape index (κ3) is 5.70. The zero-order chi connectivity index (χ0) is 14.8. The molecule has 0 saturated heterocycles. The van der Waals surface area contributed by atoms with Gasteiger partial charge in [-0.15, -0.1) is 0 Å². The van der Waals surface area contributed by atoms with Crippen molar-refractivity contribution in [2.45, 2.75) is 32.6 Å². The van der Waals surface area contributed by atoms with Crippen molar-refractivity contribution in [2.24, 2.45) is 0 Å². The summed E-state index contributed by atoms with van der Waals surface area (Å²) in [6.07, 6.45) is 3.00. The topological polar surface area (TPSA) is 62.1 Å². The number of hydrogen-bond donors (Lipinski definition) is 1. The lowest BCUT2D eigenvalue weighted by Crippen LogP contribution is -2.05. The van der Waals surface area contributed by atoms with Gasteiger partial charge in [0.2, 0.25) is 0 Å². The average Bonchev–Trinajstić information content (AvgIpc) is 2.44. The van der Waals surface area contributed by atoms with Gasteiger partial charge in [0.25, 0.3) is 0 Å². The normalized spacial score (nSPS) is 9.85. The number of unbranched alkanes of at least 4 members (excludes halogenated alkanes) is 2. The van der Waals surface area contributed by atoms with Crippen LogP contribution in [0.2, 0.25) is 0 Å². The van der Waals surface area contributed by atoms with Crippen LogP contribution in [-0.2, 0) is 9.53 Å². The van der Waals surface area contributed by atoms with E-state index in [2.05, 4.69) is 5.32 Å². The Morgan fingerprint density at radius 1 is 1.40 bits per heavy atom. The van der Waals surface area contributed by atoms with Crippen LogP contribution in [0.25, 0.3) is 0 Å². The molecule has 0 atom stereocenters. The monoisotopic (exact) mass is 278 g/mol. The fraction of sp³-hybridized carbons (Fsp3) is 0.467. The lowest BCUT2D eigenvalue weighted by molar-refractivity contribution is -0.143. The fourth-order valence-corrected chi connectivity index (χ4v) is 1.79. The number of carbonyl (C=O) groups is 1. The largest absolute Gasteiger partial charge is 0.466 e. The maximum absolute atomic E-state index is 12.9. The van der Waals surface area contributed by atoms with Gasteiger partial charge in [0.05, 0.1) is 17.9 Å². The minimum absolute atomic E-state index is 0.161. The summed E-state index contributed by atoms with van der Waals surface area (Å²) in [7, 11) is 0. The lowest BCUT2D eigenvalue weighted by Gasteiger charge is -2.08. The molecule has 0 aliphatic rings. The summed E-state index contributed by atoms with van der Waals surface area (Å²) in [4.78, 5) is 11.1. The highest BCUT2D eigenvalue weighted by molar-refractivity contribution is 5.69. The summed E-state index contributed by atoms with van der Waals surface area (Å²) < 4.78 is 17.8. The number of halogens is 1. The Morgan fingerprint density at radius 3 is 2.90 bits per heavy atom. The number of hydrogen-bond acceptors (Lipinski definition) is 4. The van der Waals surface area contributed by atoms with Crippen molar-refractivity contribution in [1.29, 1.82) is 5.26 Å². The molecule has 0 aromatic heterocycles. The summed E-state index contributed by atoms with van der Waals surface area (Å²) in [5.41, 5.74) is 0.941. The zero-order valence-electron chi connectivity index (χ0n) is 11.6. The number of anilines is 1. The van der Waals surface area contributed by atoms with E-state index >= 15 is 0 Å². The van der Waals surface area contributed by atoms with E-state index in [1.807, 2.05) is 6.07 Å². The molecule has 0 unspecified atom stereocenters. The Kier molecular flexibility index (Phi) is 7.12. The summed E-state index contributed by atoms with van der Waals surface area (Å²) in [6.45, 7) is 2.89. The van der Waals surface area contributed by atoms with Crippen LogP contribution in [0, 0.1) is 17.1 Å². The van der Waals surface area contributed by atoms with Gasteiger partial charge in [-0.25, -0.2) is 4.39 Å². The van der Waals surface area contributed by atoms with Gasteiger partial charge in [0.15, 0.2) is 0 Å². The van der Waals surface area contributed by atoms with Crippen LogP contribution in [0.4, 0.5) is 10.1 Å². The molecule has 0 spiro atoms. The van der Waals surface area contributed by atoms with E-state index in [9.17, 15) is 9.18 Å².